The summed E-state index contributed by atoms with van der Waals surface area (Å²) in [7, 11) is 0. The van der Waals surface area contributed by atoms with Crippen molar-refractivity contribution in [1.29, 1.82) is 0 Å². The van der Waals surface area contributed by atoms with Gasteiger partial charge in [-0.15, -0.1) is 0 Å². The van der Waals surface area contributed by atoms with E-state index in [1.54, 1.807) is 20.8 Å². The Hall–Kier alpha value is -2.56. The van der Waals surface area contributed by atoms with Crippen LogP contribution in [0.5, 0.6) is 0 Å². The molecule has 26 heavy (non-hydrogen) atoms. The Balaban J connectivity index is 1.82. The third-order valence-corrected chi connectivity index (χ3v) is 4.78. The maximum atomic E-state index is 12.3. The molecule has 2 atom stereocenters. The molecule has 2 aromatic rings. The fourth-order valence-electron chi connectivity index (χ4n) is 3.53. The van der Waals surface area contributed by atoms with Crippen LogP contribution in [-0.4, -0.2) is 40.8 Å². The van der Waals surface area contributed by atoms with E-state index >= 15 is 0 Å². The summed E-state index contributed by atoms with van der Waals surface area (Å²) >= 11 is 0. The number of amides is 1. The number of benzene rings is 2. The van der Waals surface area contributed by atoms with Crippen LogP contribution < -0.4 is 0 Å². The predicted octanol–water partition coefficient (Wildman–Crippen LogP) is 4.27. The molecule has 0 radical (unpaired) electrons. The van der Waals surface area contributed by atoms with E-state index in [-0.39, 0.29) is 12.5 Å². The van der Waals surface area contributed by atoms with Gasteiger partial charge < -0.3 is 14.7 Å². The number of carbonyl (C=O) groups is 2. The predicted molar refractivity (Wildman–Crippen MR) is 100 cm³/mol. The number of aliphatic carboxylic acids is 1. The van der Waals surface area contributed by atoms with E-state index in [2.05, 4.69) is 6.07 Å². The first-order valence-electron chi connectivity index (χ1n) is 8.94. The molecular weight excluding hydrogens is 330 g/mol. The molecule has 3 rings (SSSR count). The van der Waals surface area contributed by atoms with Crippen LogP contribution in [0.15, 0.2) is 42.5 Å². The highest BCUT2D eigenvalue weighted by Crippen LogP contribution is 2.35. The summed E-state index contributed by atoms with van der Waals surface area (Å²) in [5.41, 5.74) is 0.422. The van der Waals surface area contributed by atoms with Gasteiger partial charge in [-0.25, -0.2) is 4.79 Å². The fraction of sp³-hybridized carbons (Fsp3) is 0.429. The van der Waals surface area contributed by atoms with Crippen molar-refractivity contribution in [2.45, 2.75) is 38.7 Å². The zero-order valence-corrected chi connectivity index (χ0v) is 15.4. The second-order valence-corrected chi connectivity index (χ2v) is 7.87. The second-order valence-electron chi connectivity index (χ2n) is 7.87. The zero-order valence-electron chi connectivity index (χ0n) is 15.4. The van der Waals surface area contributed by atoms with Crippen LogP contribution in [0.25, 0.3) is 10.8 Å². The van der Waals surface area contributed by atoms with E-state index < -0.39 is 23.6 Å². The van der Waals surface area contributed by atoms with Gasteiger partial charge in [0.15, 0.2) is 0 Å². The Labute approximate surface area is 153 Å². The molecule has 0 aromatic heterocycles. The van der Waals surface area contributed by atoms with Crippen molar-refractivity contribution in [3.63, 3.8) is 0 Å². The van der Waals surface area contributed by atoms with Crippen molar-refractivity contribution in [3.8, 4) is 0 Å². The highest BCUT2D eigenvalue weighted by Gasteiger charge is 2.38. The fourth-order valence-corrected chi connectivity index (χ4v) is 3.53. The van der Waals surface area contributed by atoms with E-state index in [1.807, 2.05) is 36.4 Å². The van der Waals surface area contributed by atoms with Crippen LogP contribution in [0.4, 0.5) is 4.79 Å². The smallest absolute Gasteiger partial charge is 0.410 e. The minimum atomic E-state index is -0.878. The lowest BCUT2D eigenvalue weighted by Gasteiger charge is -2.37. The number of carboxylic acids is 1. The van der Waals surface area contributed by atoms with Gasteiger partial charge in [0.05, 0.1) is 5.92 Å². The van der Waals surface area contributed by atoms with E-state index in [0.29, 0.717) is 13.0 Å². The van der Waals surface area contributed by atoms with Crippen LogP contribution >= 0.6 is 0 Å². The molecule has 138 valence electrons. The van der Waals surface area contributed by atoms with E-state index in [0.717, 1.165) is 16.3 Å². The summed E-state index contributed by atoms with van der Waals surface area (Å²) in [6, 6.07) is 14.1. The lowest BCUT2D eigenvalue weighted by Crippen LogP contribution is -2.47. The maximum Gasteiger partial charge on any atom is 0.410 e. The van der Waals surface area contributed by atoms with Crippen LogP contribution in [-0.2, 0) is 9.53 Å². The van der Waals surface area contributed by atoms with Crippen LogP contribution in [0.3, 0.4) is 0 Å². The van der Waals surface area contributed by atoms with Crippen LogP contribution in [0.1, 0.15) is 38.7 Å². The second kappa shape index (κ2) is 6.98. The number of nitrogens with zero attached hydrogens (tertiary/aromatic N) is 1. The number of rotatable bonds is 2. The lowest BCUT2D eigenvalue weighted by atomic mass is 9.80. The van der Waals surface area contributed by atoms with Gasteiger partial charge in [-0.3, -0.25) is 4.79 Å². The summed E-state index contributed by atoms with van der Waals surface area (Å²) in [6.07, 6.45) is 0.162. The van der Waals surface area contributed by atoms with Crippen molar-refractivity contribution < 1.29 is 19.4 Å². The highest BCUT2D eigenvalue weighted by atomic mass is 16.6. The minimum Gasteiger partial charge on any atom is -0.481 e. The molecule has 0 bridgehead atoms. The topological polar surface area (TPSA) is 66.8 Å². The third-order valence-electron chi connectivity index (χ3n) is 4.78. The lowest BCUT2D eigenvalue weighted by molar-refractivity contribution is -0.144. The average Bonchev–Trinajstić information content (AvgIpc) is 2.59. The zero-order chi connectivity index (χ0) is 18.9. The van der Waals surface area contributed by atoms with E-state index in [9.17, 15) is 14.7 Å². The molecule has 1 amide bonds. The molecule has 1 fully saturated rings. The Morgan fingerprint density at radius 1 is 1.12 bits per heavy atom. The number of piperidine rings is 1. The molecule has 0 unspecified atom stereocenters. The molecule has 0 aliphatic carbocycles. The maximum absolute atomic E-state index is 12.3. The summed E-state index contributed by atoms with van der Waals surface area (Å²) in [6.45, 7) is 6.09. The largest absolute Gasteiger partial charge is 0.481 e. The SMILES string of the molecule is CC(C)(C)OC(=O)N1CC[C@H](c2ccc3ccccc3c2)[C@@H](C(=O)O)C1. The van der Waals surface area contributed by atoms with Crippen molar-refractivity contribution in [1.82, 2.24) is 4.90 Å². The van der Waals surface area contributed by atoms with Gasteiger partial charge in [-0.05, 0) is 43.5 Å². The molecule has 1 aliphatic rings. The molecule has 0 spiro atoms. The third kappa shape index (κ3) is 3.98. The number of hydrogen-bond donors (Lipinski definition) is 1. The first-order chi connectivity index (χ1) is 12.2. The first-order valence-corrected chi connectivity index (χ1v) is 8.94. The quantitative estimate of drug-likeness (QED) is 0.874. The average molecular weight is 355 g/mol. The number of carboxylic acid groups (broad SMARTS) is 1. The number of carbonyl (C=O) groups excluding carboxylic acids is 1. The van der Waals surface area contributed by atoms with Gasteiger partial charge in [-0.2, -0.15) is 0 Å². The number of likely N-dealkylation sites (tertiary alicyclic amines) is 1. The van der Waals surface area contributed by atoms with Gasteiger partial charge in [0.25, 0.3) is 0 Å². The molecule has 5 nitrogen and oxygen atoms in total. The number of ether oxygens (including phenoxy) is 1. The molecule has 1 saturated heterocycles. The summed E-state index contributed by atoms with van der Waals surface area (Å²) in [5.74, 6) is -1.63. The minimum absolute atomic E-state index is 0.115. The molecule has 1 N–H and O–H groups in total. The van der Waals surface area contributed by atoms with Gasteiger partial charge in [-0.1, -0.05) is 42.5 Å². The van der Waals surface area contributed by atoms with Crippen molar-refractivity contribution in [2.75, 3.05) is 13.1 Å². The summed E-state index contributed by atoms with van der Waals surface area (Å²) in [5, 5.41) is 12.0. The molecular formula is C21H25NO4. The van der Waals surface area contributed by atoms with Crippen molar-refractivity contribution in [2.24, 2.45) is 5.92 Å². The summed E-state index contributed by atoms with van der Waals surface area (Å²) in [4.78, 5) is 25.7. The number of fused-ring (bicyclic) bond motifs is 1. The normalized spacial score (nSPS) is 20.8. The monoisotopic (exact) mass is 355 g/mol. The Morgan fingerprint density at radius 3 is 2.46 bits per heavy atom. The van der Waals surface area contributed by atoms with Crippen LogP contribution in [0, 0.1) is 5.92 Å². The molecule has 5 heteroatoms. The molecule has 1 aliphatic heterocycles. The summed E-state index contributed by atoms with van der Waals surface area (Å²) < 4.78 is 5.40. The number of hydrogen-bond acceptors (Lipinski definition) is 3. The Kier molecular flexibility index (Phi) is 4.90. The van der Waals surface area contributed by atoms with Gasteiger partial charge in [0, 0.05) is 19.0 Å². The molecule has 0 saturated carbocycles. The standard InChI is InChI=1S/C21H25NO4/c1-21(2,3)26-20(25)22-11-10-17(18(13-22)19(23)24)16-9-8-14-6-4-5-7-15(14)12-16/h4-9,12,17-18H,10-11,13H2,1-3H3,(H,23,24)/t17-,18+/m1/s1. The Bertz CT molecular complexity index is 824. The van der Waals surface area contributed by atoms with Crippen molar-refractivity contribution in [3.05, 3.63) is 48.0 Å². The highest BCUT2D eigenvalue weighted by molar-refractivity contribution is 5.83. The van der Waals surface area contributed by atoms with Gasteiger partial charge in [0.1, 0.15) is 5.60 Å². The molecule has 2 aromatic carbocycles. The first kappa shape index (κ1) is 18.2. The van der Waals surface area contributed by atoms with E-state index in [1.165, 1.54) is 4.90 Å². The van der Waals surface area contributed by atoms with Gasteiger partial charge >= 0.3 is 12.1 Å². The Morgan fingerprint density at radius 2 is 1.81 bits per heavy atom. The van der Waals surface area contributed by atoms with Crippen LogP contribution in [0.2, 0.25) is 0 Å². The van der Waals surface area contributed by atoms with E-state index in [4.69, 9.17) is 4.74 Å². The van der Waals surface area contributed by atoms with Gasteiger partial charge in [0.2, 0.25) is 0 Å². The molecule has 1 heterocycles. The van der Waals surface area contributed by atoms with Crippen molar-refractivity contribution >= 4 is 22.8 Å².